The monoisotopic (exact) mass is 399 g/mol. The lowest BCUT2D eigenvalue weighted by atomic mass is 9.64. The SMILES string of the molecule is [B]C([B])(Cl)c1ccc(NC(=O)c2cn(CC(F)F)nc2C2CC2)cc1C1CC1. The van der Waals surface area contributed by atoms with E-state index < -0.39 is 17.6 Å². The molecule has 4 rings (SSSR count). The third-order valence-electron chi connectivity index (χ3n) is 5.06. The molecule has 0 unspecified atom stereocenters. The van der Waals surface area contributed by atoms with Crippen molar-refractivity contribution in [3.8, 4) is 0 Å². The average molecular weight is 399 g/mol. The van der Waals surface area contributed by atoms with Gasteiger partial charge in [-0.05, 0) is 59.5 Å². The smallest absolute Gasteiger partial charge is 0.259 e. The van der Waals surface area contributed by atoms with Crippen molar-refractivity contribution in [1.82, 2.24) is 9.78 Å². The van der Waals surface area contributed by atoms with Gasteiger partial charge in [0.2, 0.25) is 0 Å². The average Bonchev–Trinajstić information content (AvgIpc) is 3.50. The Morgan fingerprint density at radius 2 is 1.96 bits per heavy atom. The second kappa shape index (κ2) is 7.21. The Bertz CT molecular complexity index is 905. The van der Waals surface area contributed by atoms with Crippen molar-refractivity contribution in [2.45, 2.75) is 55.2 Å². The van der Waals surface area contributed by atoms with E-state index in [4.69, 9.17) is 27.3 Å². The first kappa shape index (κ1) is 19.5. The second-order valence-electron chi connectivity index (χ2n) is 7.61. The first-order chi connectivity index (χ1) is 13.2. The molecule has 1 heterocycles. The number of hydrogen-bond donors (Lipinski definition) is 1. The normalized spacial score (nSPS) is 17.1. The highest BCUT2D eigenvalue weighted by Gasteiger charge is 2.33. The maximum atomic E-state index is 12.8. The highest BCUT2D eigenvalue weighted by atomic mass is 35.5. The Morgan fingerprint density at radius 3 is 2.54 bits per heavy atom. The number of nitrogens with one attached hydrogen (secondary N) is 1. The maximum Gasteiger partial charge on any atom is 0.259 e. The van der Waals surface area contributed by atoms with E-state index in [9.17, 15) is 13.6 Å². The minimum absolute atomic E-state index is 0.162. The van der Waals surface area contributed by atoms with E-state index in [0.29, 0.717) is 28.4 Å². The van der Waals surface area contributed by atoms with E-state index in [1.807, 2.05) is 6.07 Å². The molecule has 2 aliphatic carbocycles. The van der Waals surface area contributed by atoms with Gasteiger partial charge in [0.25, 0.3) is 12.3 Å². The van der Waals surface area contributed by atoms with Crippen molar-refractivity contribution in [1.29, 1.82) is 0 Å². The number of rotatable bonds is 7. The maximum absolute atomic E-state index is 12.8. The van der Waals surface area contributed by atoms with Crippen molar-refractivity contribution >= 4 is 38.9 Å². The first-order valence-electron chi connectivity index (χ1n) is 9.30. The van der Waals surface area contributed by atoms with E-state index in [1.165, 1.54) is 6.20 Å². The standard InChI is InChI=1S/C19H18B2ClF2N3O/c20-19(21,22)15-6-5-12(7-13(15)10-1-2-10)25-18(28)14-8-27(9-16(23)24)26-17(14)11-3-4-11/h5-8,10-11,16H,1-4,9H2,(H,25,28). The number of hydrogen-bond acceptors (Lipinski definition) is 2. The molecule has 0 saturated heterocycles. The van der Waals surface area contributed by atoms with Crippen LogP contribution in [-0.4, -0.2) is 37.8 Å². The lowest BCUT2D eigenvalue weighted by Gasteiger charge is -2.22. The van der Waals surface area contributed by atoms with Crippen LogP contribution in [0.2, 0.25) is 0 Å². The summed E-state index contributed by atoms with van der Waals surface area (Å²) in [6, 6.07) is 5.25. The van der Waals surface area contributed by atoms with E-state index in [0.717, 1.165) is 35.9 Å². The molecule has 0 bridgehead atoms. The van der Waals surface area contributed by atoms with Gasteiger partial charge < -0.3 is 5.32 Å². The van der Waals surface area contributed by atoms with Gasteiger partial charge in [0.05, 0.1) is 26.9 Å². The van der Waals surface area contributed by atoms with Crippen LogP contribution >= 0.6 is 11.6 Å². The molecule has 2 saturated carbocycles. The molecule has 2 fully saturated rings. The number of nitrogens with zero attached hydrogens (tertiary/aromatic N) is 2. The molecule has 2 aromatic rings. The van der Waals surface area contributed by atoms with Crippen LogP contribution in [-0.2, 0) is 11.2 Å². The number of halogens is 3. The lowest BCUT2D eigenvalue weighted by molar-refractivity contribution is 0.102. The molecule has 2 aliphatic rings. The van der Waals surface area contributed by atoms with Crippen molar-refractivity contribution < 1.29 is 13.6 Å². The molecule has 0 aliphatic heterocycles. The molecule has 9 heteroatoms. The molecule has 4 radical (unpaired) electrons. The predicted molar refractivity (Wildman–Crippen MR) is 106 cm³/mol. The minimum Gasteiger partial charge on any atom is -0.322 e. The van der Waals surface area contributed by atoms with Gasteiger partial charge in [-0.2, -0.15) is 5.10 Å². The zero-order chi connectivity index (χ0) is 20.1. The fourth-order valence-corrected chi connectivity index (χ4v) is 3.60. The summed E-state index contributed by atoms with van der Waals surface area (Å²) < 4.78 is 25.1. The molecule has 1 N–H and O–H groups in total. The largest absolute Gasteiger partial charge is 0.322 e. The third kappa shape index (κ3) is 4.27. The molecule has 142 valence electrons. The number of aromatic nitrogens is 2. The number of benzene rings is 1. The van der Waals surface area contributed by atoms with Gasteiger partial charge in [-0.1, -0.05) is 6.07 Å². The lowest BCUT2D eigenvalue weighted by Crippen LogP contribution is -2.21. The van der Waals surface area contributed by atoms with Crippen LogP contribution in [0, 0.1) is 0 Å². The van der Waals surface area contributed by atoms with Gasteiger partial charge in [0.1, 0.15) is 6.54 Å². The van der Waals surface area contributed by atoms with Gasteiger partial charge in [0, 0.05) is 17.8 Å². The Hall–Kier alpha value is -1.82. The highest BCUT2D eigenvalue weighted by Crippen LogP contribution is 2.45. The van der Waals surface area contributed by atoms with E-state index in [1.54, 1.807) is 12.1 Å². The Morgan fingerprint density at radius 1 is 1.29 bits per heavy atom. The Labute approximate surface area is 169 Å². The van der Waals surface area contributed by atoms with Crippen LogP contribution in [0.5, 0.6) is 0 Å². The fourth-order valence-electron chi connectivity index (χ4n) is 3.42. The van der Waals surface area contributed by atoms with Crippen molar-refractivity contribution in [3.63, 3.8) is 0 Å². The summed E-state index contributed by atoms with van der Waals surface area (Å²) in [4.78, 5) is 12.8. The Kier molecular flexibility index (Phi) is 5.02. The molecule has 1 aromatic carbocycles. The molecule has 1 aromatic heterocycles. The van der Waals surface area contributed by atoms with E-state index in [-0.39, 0.29) is 11.8 Å². The number of amides is 1. The Balaban J connectivity index is 1.59. The zero-order valence-electron chi connectivity index (χ0n) is 15.2. The van der Waals surface area contributed by atoms with Gasteiger partial charge >= 0.3 is 0 Å². The summed E-state index contributed by atoms with van der Waals surface area (Å²) in [6.07, 6.45) is 2.73. The van der Waals surface area contributed by atoms with Crippen molar-refractivity contribution in [3.05, 3.63) is 46.8 Å². The quantitative estimate of drug-likeness (QED) is 0.568. The topological polar surface area (TPSA) is 46.9 Å². The van der Waals surface area contributed by atoms with Crippen LogP contribution in [0.3, 0.4) is 0 Å². The summed E-state index contributed by atoms with van der Waals surface area (Å²) in [5.74, 6) is 0.123. The fraction of sp³-hybridized carbons (Fsp3) is 0.474. The van der Waals surface area contributed by atoms with Crippen LogP contribution in [0.4, 0.5) is 14.5 Å². The molecule has 4 nitrogen and oxygen atoms in total. The molecular formula is C19H18B2ClF2N3O. The molecule has 0 atom stereocenters. The van der Waals surface area contributed by atoms with Crippen molar-refractivity contribution in [2.75, 3.05) is 5.32 Å². The number of carbonyl (C=O) groups is 1. The number of anilines is 1. The third-order valence-corrected chi connectivity index (χ3v) is 5.27. The van der Waals surface area contributed by atoms with Gasteiger partial charge in [-0.25, -0.2) is 8.78 Å². The van der Waals surface area contributed by atoms with Crippen LogP contribution in [0.25, 0.3) is 0 Å². The van der Waals surface area contributed by atoms with E-state index >= 15 is 0 Å². The van der Waals surface area contributed by atoms with Crippen LogP contribution < -0.4 is 5.32 Å². The molecule has 1 amide bonds. The molecule has 0 spiro atoms. The zero-order valence-corrected chi connectivity index (χ0v) is 15.9. The summed E-state index contributed by atoms with van der Waals surface area (Å²) in [5, 5.41) is 7.05. The molecular weight excluding hydrogens is 381 g/mol. The van der Waals surface area contributed by atoms with Crippen LogP contribution in [0.15, 0.2) is 24.4 Å². The summed E-state index contributed by atoms with van der Waals surface area (Å²) >= 11 is 6.09. The highest BCUT2D eigenvalue weighted by molar-refractivity contribution is 6.61. The van der Waals surface area contributed by atoms with Gasteiger partial charge in [-0.3, -0.25) is 9.48 Å². The first-order valence-corrected chi connectivity index (χ1v) is 9.68. The van der Waals surface area contributed by atoms with Crippen LogP contribution in [0.1, 0.15) is 64.7 Å². The van der Waals surface area contributed by atoms with Gasteiger partial charge in [0.15, 0.2) is 0 Å². The number of alkyl halides is 3. The number of carbonyl (C=O) groups excluding carboxylic acids is 1. The summed E-state index contributed by atoms with van der Waals surface area (Å²) in [5.41, 5.74) is 3.07. The second-order valence-corrected chi connectivity index (χ2v) is 8.24. The summed E-state index contributed by atoms with van der Waals surface area (Å²) in [6.45, 7) is -0.529. The molecule has 28 heavy (non-hydrogen) atoms. The predicted octanol–water partition coefficient (Wildman–Crippen LogP) is 3.84. The van der Waals surface area contributed by atoms with Crippen molar-refractivity contribution in [2.24, 2.45) is 0 Å². The summed E-state index contributed by atoms with van der Waals surface area (Å²) in [7, 11) is 11.7. The van der Waals surface area contributed by atoms with E-state index in [2.05, 4.69) is 10.4 Å². The van der Waals surface area contributed by atoms with Gasteiger partial charge in [-0.15, -0.1) is 11.6 Å². The minimum atomic E-state index is -2.53.